The number of likely N-dealkylation sites (N-methyl/N-ethyl adjacent to an activating group) is 1. The molecule has 2 aliphatic rings. The Labute approximate surface area is 293 Å². The summed E-state index contributed by atoms with van der Waals surface area (Å²) in [7, 11) is 3.94. The second kappa shape index (κ2) is 14.8. The Balaban J connectivity index is 1.31. The number of hydrogen-bond acceptors (Lipinski definition) is 10. The molecule has 1 N–H and O–H groups in total. The summed E-state index contributed by atoms with van der Waals surface area (Å²) < 4.78 is 17.9. The van der Waals surface area contributed by atoms with E-state index < -0.39 is 23.7 Å². The van der Waals surface area contributed by atoms with Crippen LogP contribution >= 0.6 is 0 Å². The van der Waals surface area contributed by atoms with E-state index in [1.54, 1.807) is 20.8 Å². The number of anilines is 2. The van der Waals surface area contributed by atoms with Crippen LogP contribution in [0.5, 0.6) is 11.8 Å². The van der Waals surface area contributed by atoms with Gasteiger partial charge in [0.15, 0.2) is 0 Å². The van der Waals surface area contributed by atoms with Crippen LogP contribution in [0, 0.1) is 0 Å². The smallest absolute Gasteiger partial charge is 0.411 e. The maximum Gasteiger partial charge on any atom is 0.411 e. The Bertz CT molecular complexity index is 1830. The van der Waals surface area contributed by atoms with E-state index in [2.05, 4.69) is 41.3 Å². The van der Waals surface area contributed by atoms with Gasteiger partial charge in [-0.2, -0.15) is 9.97 Å². The molecule has 12 heteroatoms. The number of aromatic nitrogens is 2. The van der Waals surface area contributed by atoms with Gasteiger partial charge >= 0.3 is 18.1 Å². The van der Waals surface area contributed by atoms with Gasteiger partial charge in [-0.1, -0.05) is 54.6 Å². The number of amides is 1. The van der Waals surface area contributed by atoms with Gasteiger partial charge in [-0.3, -0.25) is 4.90 Å². The fourth-order valence-corrected chi connectivity index (χ4v) is 6.31. The van der Waals surface area contributed by atoms with Crippen molar-refractivity contribution in [3.05, 3.63) is 83.6 Å². The highest BCUT2D eigenvalue weighted by Crippen LogP contribution is 2.37. The van der Waals surface area contributed by atoms with E-state index in [0.29, 0.717) is 51.6 Å². The van der Waals surface area contributed by atoms with E-state index in [4.69, 9.17) is 24.2 Å². The highest BCUT2D eigenvalue weighted by Gasteiger charge is 2.39. The van der Waals surface area contributed by atoms with Crippen molar-refractivity contribution in [3.8, 4) is 11.8 Å². The lowest BCUT2D eigenvalue weighted by atomic mass is 10.0. The standard InChI is InChI=1S/C38H46N6O6/c1-38(2,3)50-37(47)44-18-17-43(24-33(44)35(45)46)34-30-15-16-42(23-31(30)39-36(40-34)48-20-19-41(4)5)32-22-28(21-27-13-9-10-14-29(27)32)49-25-26-11-7-6-8-12-26/h6-14,21-22,33H,15-20,23-25H2,1-5H3,(H,45,46). The third kappa shape index (κ3) is 8.19. The minimum Gasteiger partial charge on any atom is -0.489 e. The highest BCUT2D eigenvalue weighted by molar-refractivity contribution is 5.96. The van der Waals surface area contributed by atoms with E-state index in [1.165, 1.54) is 4.90 Å². The molecule has 0 radical (unpaired) electrons. The molecule has 0 saturated carbocycles. The minimum absolute atomic E-state index is 0.0598. The summed E-state index contributed by atoms with van der Waals surface area (Å²) in [6, 6.07) is 21.7. The third-order valence-corrected chi connectivity index (χ3v) is 8.79. The first kappa shape index (κ1) is 34.8. The second-order valence-corrected chi connectivity index (χ2v) is 14.0. The fraction of sp³-hybridized carbons (Fsp3) is 0.421. The van der Waals surface area contributed by atoms with E-state index in [9.17, 15) is 14.7 Å². The number of ether oxygens (including phenoxy) is 3. The van der Waals surface area contributed by atoms with E-state index >= 15 is 0 Å². The Morgan fingerprint density at radius 2 is 1.70 bits per heavy atom. The van der Waals surface area contributed by atoms with E-state index in [-0.39, 0.29) is 19.1 Å². The summed E-state index contributed by atoms with van der Waals surface area (Å²) in [4.78, 5) is 42.8. The molecule has 4 aromatic rings. The summed E-state index contributed by atoms with van der Waals surface area (Å²) in [5.74, 6) is 0.333. The molecule has 3 aromatic carbocycles. The van der Waals surface area contributed by atoms with E-state index in [0.717, 1.165) is 39.0 Å². The number of nitrogens with zero attached hydrogens (tertiary/aromatic N) is 6. The molecule has 3 heterocycles. The summed E-state index contributed by atoms with van der Waals surface area (Å²) in [6.45, 7) is 8.65. The van der Waals surface area contributed by atoms with Gasteiger partial charge in [-0.05, 0) is 58.3 Å². The molecule has 0 bridgehead atoms. The van der Waals surface area contributed by atoms with Gasteiger partial charge in [0.05, 0.1) is 18.8 Å². The lowest BCUT2D eigenvalue weighted by Crippen LogP contribution is -2.59. The summed E-state index contributed by atoms with van der Waals surface area (Å²) >= 11 is 0. The monoisotopic (exact) mass is 682 g/mol. The molecule has 0 spiro atoms. The van der Waals surface area contributed by atoms with E-state index in [1.807, 2.05) is 54.2 Å². The number of fused-ring (bicyclic) bond motifs is 2. The van der Waals surface area contributed by atoms with Gasteiger partial charge in [0.1, 0.15) is 36.4 Å². The molecule has 6 rings (SSSR count). The number of piperazine rings is 1. The molecular weight excluding hydrogens is 636 g/mol. The molecule has 2 aliphatic heterocycles. The Hall–Kier alpha value is -5.10. The summed E-state index contributed by atoms with van der Waals surface area (Å²) in [5.41, 5.74) is 3.17. The highest BCUT2D eigenvalue weighted by atomic mass is 16.6. The van der Waals surface area contributed by atoms with Crippen molar-refractivity contribution in [1.82, 2.24) is 19.8 Å². The Morgan fingerprint density at radius 1 is 0.940 bits per heavy atom. The number of carbonyl (C=O) groups is 2. The molecule has 1 amide bonds. The molecular formula is C38H46N6O6. The predicted octanol–water partition coefficient (Wildman–Crippen LogP) is 5.22. The first-order chi connectivity index (χ1) is 23.9. The molecule has 50 heavy (non-hydrogen) atoms. The van der Waals surface area contributed by atoms with Crippen molar-refractivity contribution in [3.63, 3.8) is 0 Å². The topological polar surface area (TPSA) is 121 Å². The molecule has 12 nitrogen and oxygen atoms in total. The van der Waals surface area contributed by atoms with Gasteiger partial charge in [0.2, 0.25) is 0 Å². The first-order valence-electron chi connectivity index (χ1n) is 17.0. The zero-order valence-corrected chi connectivity index (χ0v) is 29.5. The van der Waals surface area contributed by atoms with Crippen molar-refractivity contribution < 1.29 is 28.9 Å². The number of rotatable bonds is 10. The van der Waals surface area contributed by atoms with Gasteiger partial charge in [-0.15, -0.1) is 0 Å². The lowest BCUT2D eigenvalue weighted by Gasteiger charge is -2.41. The van der Waals surface area contributed by atoms with Crippen molar-refractivity contribution >= 4 is 34.3 Å². The maximum atomic E-state index is 13.0. The molecule has 1 fully saturated rings. The van der Waals surface area contributed by atoms with Crippen LogP contribution < -0.4 is 19.3 Å². The first-order valence-corrected chi connectivity index (χ1v) is 17.0. The molecule has 1 unspecified atom stereocenters. The average Bonchev–Trinajstić information content (AvgIpc) is 3.09. The van der Waals surface area contributed by atoms with Gasteiger partial charge in [0.25, 0.3) is 0 Å². The van der Waals surface area contributed by atoms with Gasteiger partial charge in [0, 0.05) is 48.9 Å². The summed E-state index contributed by atoms with van der Waals surface area (Å²) in [6.07, 6.45) is -0.00405. The zero-order valence-electron chi connectivity index (χ0n) is 29.5. The number of carboxylic acid groups (broad SMARTS) is 1. The number of hydrogen-bond donors (Lipinski definition) is 1. The fourth-order valence-electron chi connectivity index (χ4n) is 6.31. The van der Waals surface area contributed by atoms with Crippen LogP contribution in [-0.2, 0) is 29.1 Å². The quantitative estimate of drug-likeness (QED) is 0.237. The van der Waals surface area contributed by atoms with Gasteiger partial charge in [-0.25, -0.2) is 9.59 Å². The number of aliphatic carboxylic acids is 1. The van der Waals surface area contributed by atoms with Crippen LogP contribution in [0.1, 0.15) is 37.6 Å². The SMILES string of the molecule is CN(C)CCOc1nc2c(c(N3CCN(C(=O)OC(C)(C)C)C(C(=O)O)C3)n1)CCN(c1cc(OCc3ccccc3)cc3ccccc13)C2. The predicted molar refractivity (Wildman–Crippen MR) is 192 cm³/mol. The van der Waals surface area contributed by atoms with Crippen LogP contribution in [0.15, 0.2) is 66.7 Å². The van der Waals surface area contributed by atoms with Crippen LogP contribution in [-0.4, -0.2) is 102 Å². The lowest BCUT2D eigenvalue weighted by molar-refractivity contribution is -0.143. The second-order valence-electron chi connectivity index (χ2n) is 14.0. The normalized spacial score (nSPS) is 16.4. The van der Waals surface area contributed by atoms with Crippen LogP contribution in [0.25, 0.3) is 10.8 Å². The van der Waals surface area contributed by atoms with Crippen molar-refractivity contribution in [2.45, 2.75) is 52.0 Å². The summed E-state index contributed by atoms with van der Waals surface area (Å²) in [5, 5.41) is 12.4. The molecule has 1 saturated heterocycles. The molecule has 1 atom stereocenters. The largest absolute Gasteiger partial charge is 0.489 e. The molecule has 0 aliphatic carbocycles. The average molecular weight is 683 g/mol. The number of benzene rings is 3. The number of carbonyl (C=O) groups excluding carboxylic acids is 1. The van der Waals surface area contributed by atoms with Crippen LogP contribution in [0.2, 0.25) is 0 Å². The Kier molecular flexibility index (Phi) is 10.3. The molecule has 264 valence electrons. The van der Waals surface area contributed by atoms with Crippen molar-refractivity contribution in [2.75, 3.05) is 63.2 Å². The van der Waals surface area contributed by atoms with Gasteiger partial charge < -0.3 is 34.0 Å². The maximum absolute atomic E-state index is 13.0. The minimum atomic E-state index is -1.10. The zero-order chi connectivity index (χ0) is 35.4. The molecule has 1 aromatic heterocycles. The van der Waals surface area contributed by atoms with Crippen molar-refractivity contribution in [2.24, 2.45) is 0 Å². The van der Waals surface area contributed by atoms with Crippen LogP contribution in [0.3, 0.4) is 0 Å². The van der Waals surface area contributed by atoms with Crippen LogP contribution in [0.4, 0.5) is 16.3 Å². The number of carboxylic acids is 1. The third-order valence-electron chi connectivity index (χ3n) is 8.79. The Morgan fingerprint density at radius 3 is 2.44 bits per heavy atom. The van der Waals surface area contributed by atoms with Crippen molar-refractivity contribution in [1.29, 1.82) is 0 Å².